The Morgan fingerprint density at radius 1 is 0.708 bits per heavy atom. The van der Waals surface area contributed by atoms with Crippen molar-refractivity contribution in [3.8, 4) is 0 Å². The Kier molecular flexibility index (Phi) is 12.3. The molecule has 0 spiro atoms. The Morgan fingerprint density at radius 2 is 1.21 bits per heavy atom. The largest absolute Gasteiger partial charge is 0.462 e. The Labute approximate surface area is 267 Å². The number of halogens is 11. The second kappa shape index (κ2) is 15.1. The fraction of sp³-hybridized carbons (Fsp3) is 0.500. The molecule has 0 N–H and O–H groups in total. The minimum absolute atomic E-state index is 0.141. The molecule has 268 valence electrons. The molecule has 0 saturated carbocycles. The van der Waals surface area contributed by atoms with Gasteiger partial charge < -0.3 is 23.8 Å². The summed E-state index contributed by atoms with van der Waals surface area (Å²) in [6.07, 6.45) is -19.2. The van der Waals surface area contributed by atoms with Crippen LogP contribution in [0.1, 0.15) is 36.1 Å². The summed E-state index contributed by atoms with van der Waals surface area (Å²) >= 11 is 0. The zero-order chi connectivity index (χ0) is 36.1. The van der Waals surface area contributed by atoms with Crippen LogP contribution in [-0.4, -0.2) is 82.1 Å². The van der Waals surface area contributed by atoms with E-state index in [1.165, 1.54) is 32.6 Å². The summed E-state index contributed by atoms with van der Waals surface area (Å²) in [7, 11) is 2.99. The van der Waals surface area contributed by atoms with Crippen molar-refractivity contribution in [1.29, 1.82) is 0 Å². The van der Waals surface area contributed by atoms with Gasteiger partial charge in [-0.25, -0.2) is 4.74 Å². The van der Waals surface area contributed by atoms with Crippen molar-refractivity contribution >= 4 is 18.4 Å². The van der Waals surface area contributed by atoms with Crippen molar-refractivity contribution in [2.24, 2.45) is 5.16 Å². The molecule has 18 heteroatoms. The van der Waals surface area contributed by atoms with Crippen molar-refractivity contribution in [1.82, 2.24) is 0 Å². The fourth-order valence-electron chi connectivity index (χ4n) is 4.48. The Morgan fingerprint density at radius 3 is 1.69 bits per heavy atom. The number of hydrogen-bond donors (Lipinski definition) is 0. The van der Waals surface area contributed by atoms with Crippen LogP contribution < -0.4 is 0 Å². The molecule has 0 aromatic heterocycles. The maximum absolute atomic E-state index is 14.3. The fourth-order valence-corrected chi connectivity index (χ4v) is 4.48. The van der Waals surface area contributed by atoms with Gasteiger partial charge >= 0.3 is 30.2 Å². The van der Waals surface area contributed by atoms with E-state index in [0.29, 0.717) is 29.9 Å². The average Bonchev–Trinajstić information content (AvgIpc) is 3.00. The summed E-state index contributed by atoms with van der Waals surface area (Å²) in [6, 6.07) is 8.91. The third kappa shape index (κ3) is 8.45. The number of oxime groups is 1. The quantitative estimate of drug-likeness (QED) is 0.0861. The van der Waals surface area contributed by atoms with E-state index in [4.69, 9.17) is 23.8 Å². The first-order valence-corrected chi connectivity index (χ1v) is 13.9. The SMILES string of the molecule is CCO[C@@H]1[C@@H](OC)[C@H](C)O[C@@H](ON=Cc2ccc(C=Cc3ccc(C(F)(F)C(F)(F)OC(F)(F)C(F)(F)C(F)(F)F)cc3)cc2)[C@@H]1OC. The van der Waals surface area contributed by atoms with Gasteiger partial charge in [0, 0.05) is 26.4 Å². The summed E-state index contributed by atoms with van der Waals surface area (Å²) < 4.78 is 170. The van der Waals surface area contributed by atoms with Gasteiger partial charge in [0.1, 0.15) is 12.2 Å². The monoisotopic (exact) mass is 709 g/mol. The molecule has 0 unspecified atom stereocenters. The van der Waals surface area contributed by atoms with Crippen LogP contribution >= 0.6 is 0 Å². The van der Waals surface area contributed by atoms with Gasteiger partial charge in [-0.1, -0.05) is 65.8 Å². The molecule has 0 amide bonds. The highest BCUT2D eigenvalue weighted by atomic mass is 19.4. The van der Waals surface area contributed by atoms with Crippen LogP contribution in [0.25, 0.3) is 12.2 Å². The van der Waals surface area contributed by atoms with E-state index in [1.807, 2.05) is 6.92 Å². The summed E-state index contributed by atoms with van der Waals surface area (Å²) in [5.41, 5.74) is -0.389. The normalized spacial score (nSPS) is 23.3. The highest BCUT2D eigenvalue weighted by molar-refractivity contribution is 5.80. The second-order valence-corrected chi connectivity index (χ2v) is 10.3. The van der Waals surface area contributed by atoms with Gasteiger partial charge in [-0.2, -0.15) is 48.3 Å². The third-order valence-corrected chi connectivity index (χ3v) is 7.02. The number of benzene rings is 2. The van der Waals surface area contributed by atoms with Crippen LogP contribution in [0, 0.1) is 0 Å². The second-order valence-electron chi connectivity index (χ2n) is 10.3. The maximum Gasteiger partial charge on any atom is 0.462 e. The summed E-state index contributed by atoms with van der Waals surface area (Å²) in [4.78, 5) is 5.52. The highest BCUT2D eigenvalue weighted by Crippen LogP contribution is 2.53. The van der Waals surface area contributed by atoms with E-state index >= 15 is 0 Å². The van der Waals surface area contributed by atoms with Crippen molar-refractivity contribution < 1.29 is 76.8 Å². The maximum atomic E-state index is 14.3. The minimum atomic E-state index is -7.19. The van der Waals surface area contributed by atoms with E-state index < -0.39 is 66.5 Å². The topological polar surface area (TPSA) is 67.7 Å². The van der Waals surface area contributed by atoms with Gasteiger partial charge in [-0.15, -0.1) is 0 Å². The van der Waals surface area contributed by atoms with Crippen LogP contribution in [0.4, 0.5) is 48.3 Å². The van der Waals surface area contributed by atoms with Crippen LogP contribution in [0.2, 0.25) is 0 Å². The lowest BCUT2D eigenvalue weighted by Crippen LogP contribution is -2.59. The van der Waals surface area contributed by atoms with Gasteiger partial charge in [-0.3, -0.25) is 0 Å². The van der Waals surface area contributed by atoms with E-state index in [1.54, 1.807) is 31.2 Å². The molecular formula is C30H30F11NO6. The molecule has 2 aromatic carbocycles. The van der Waals surface area contributed by atoms with Gasteiger partial charge in [0.2, 0.25) is 0 Å². The molecule has 1 saturated heterocycles. The van der Waals surface area contributed by atoms with Gasteiger partial charge in [-0.05, 0) is 30.5 Å². The smallest absolute Gasteiger partial charge is 0.376 e. The first-order valence-electron chi connectivity index (χ1n) is 13.9. The number of hydrogen-bond acceptors (Lipinski definition) is 7. The Bertz CT molecular complexity index is 1390. The lowest BCUT2D eigenvalue weighted by molar-refractivity contribution is -0.498. The molecule has 5 atom stereocenters. The molecule has 48 heavy (non-hydrogen) atoms. The van der Waals surface area contributed by atoms with Crippen LogP contribution in [0.3, 0.4) is 0 Å². The van der Waals surface area contributed by atoms with Crippen molar-refractivity contribution in [2.75, 3.05) is 20.8 Å². The standard InChI is InChI=1S/C30H30F11NO6/c1-5-45-23-22(43-3)17(2)46-25(24(23)44-4)47-42-16-20-10-8-18(9-11-20)6-7-19-12-14-21(15-13-19)26(31,32)29(38,39)48-30(40,41)27(33,34)28(35,36)37/h6-17,22-25H,5H2,1-4H3/t17-,22-,23+,24+,25-/m0/s1. The van der Waals surface area contributed by atoms with Crippen LogP contribution in [-0.2, 0) is 34.4 Å². The first kappa shape index (κ1) is 39.1. The molecule has 2 aromatic rings. The zero-order valence-corrected chi connectivity index (χ0v) is 25.5. The van der Waals surface area contributed by atoms with E-state index in [0.717, 1.165) is 12.1 Å². The van der Waals surface area contributed by atoms with E-state index in [9.17, 15) is 48.3 Å². The first-order chi connectivity index (χ1) is 22.2. The number of rotatable bonds is 14. The summed E-state index contributed by atoms with van der Waals surface area (Å²) in [6.45, 7) is 4.01. The molecule has 3 rings (SSSR count). The number of nitrogens with zero attached hydrogens (tertiary/aromatic N) is 1. The molecule has 0 radical (unpaired) electrons. The molecule has 7 nitrogen and oxygen atoms in total. The lowest BCUT2D eigenvalue weighted by atomic mass is 9.99. The predicted octanol–water partition coefficient (Wildman–Crippen LogP) is 7.88. The van der Waals surface area contributed by atoms with Gasteiger partial charge in [0.15, 0.2) is 6.10 Å². The van der Waals surface area contributed by atoms with Crippen molar-refractivity contribution in [3.05, 3.63) is 70.8 Å². The molecule has 0 aliphatic carbocycles. The number of alkyl halides is 11. The molecule has 1 aliphatic heterocycles. The molecule has 0 bridgehead atoms. The zero-order valence-electron chi connectivity index (χ0n) is 25.5. The number of methoxy groups -OCH3 is 2. The van der Waals surface area contributed by atoms with E-state index in [-0.39, 0.29) is 5.56 Å². The van der Waals surface area contributed by atoms with Crippen LogP contribution in [0.15, 0.2) is 53.7 Å². The predicted molar refractivity (Wildman–Crippen MR) is 148 cm³/mol. The van der Waals surface area contributed by atoms with Gasteiger partial charge in [0.25, 0.3) is 6.29 Å². The third-order valence-electron chi connectivity index (χ3n) is 7.02. The van der Waals surface area contributed by atoms with Crippen LogP contribution in [0.5, 0.6) is 0 Å². The Hall–Kier alpha value is -3.32. The molecule has 1 heterocycles. The molecular weight excluding hydrogens is 679 g/mol. The average molecular weight is 710 g/mol. The van der Waals surface area contributed by atoms with Gasteiger partial charge in [0.05, 0.1) is 12.3 Å². The summed E-state index contributed by atoms with van der Waals surface area (Å²) in [5, 5.41) is 3.96. The highest BCUT2D eigenvalue weighted by Gasteiger charge is 2.78. The Balaban J connectivity index is 1.64. The molecule has 1 aliphatic rings. The lowest BCUT2D eigenvalue weighted by Gasteiger charge is -2.42. The molecule has 1 fully saturated rings. The summed E-state index contributed by atoms with van der Waals surface area (Å²) in [5.74, 6) is -12.9. The van der Waals surface area contributed by atoms with E-state index in [2.05, 4.69) is 9.89 Å². The number of ether oxygens (including phenoxy) is 5. The minimum Gasteiger partial charge on any atom is -0.376 e. The van der Waals surface area contributed by atoms with Crippen molar-refractivity contribution in [3.63, 3.8) is 0 Å². The van der Waals surface area contributed by atoms with Crippen molar-refractivity contribution in [2.45, 2.75) is 74.8 Å².